The van der Waals surface area contributed by atoms with E-state index >= 15 is 0 Å². The number of hydrogen-bond donors (Lipinski definition) is 1. The van der Waals surface area contributed by atoms with Gasteiger partial charge < -0.3 is 5.32 Å². The number of aryl methyl sites for hydroxylation is 1. The van der Waals surface area contributed by atoms with Gasteiger partial charge >= 0.3 is 0 Å². The van der Waals surface area contributed by atoms with Crippen molar-refractivity contribution in [1.29, 1.82) is 0 Å². The zero-order valence-electron chi connectivity index (χ0n) is 9.58. The highest BCUT2D eigenvalue weighted by molar-refractivity contribution is 14.2. The van der Waals surface area contributed by atoms with Gasteiger partial charge in [0.15, 0.2) is 0 Å². The maximum absolute atomic E-state index is 6.37. The van der Waals surface area contributed by atoms with Gasteiger partial charge in [0.05, 0.1) is 17.6 Å². The normalized spacial score (nSPS) is 14.8. The van der Waals surface area contributed by atoms with Crippen molar-refractivity contribution in [1.82, 2.24) is 9.55 Å². The summed E-state index contributed by atoms with van der Waals surface area (Å²) in [5, 5.41) is 8.50. The topological polar surface area (TPSA) is 29.9 Å². The molecule has 2 heterocycles. The molecule has 18 heavy (non-hydrogen) atoms. The van der Waals surface area contributed by atoms with Crippen LogP contribution < -0.4 is 5.32 Å². The van der Waals surface area contributed by atoms with Gasteiger partial charge in [-0.05, 0) is 52.6 Å². The largest absolute Gasteiger partial charge is 0.385 e. The van der Waals surface area contributed by atoms with Gasteiger partial charge in [-0.1, -0.05) is 11.6 Å². The molecule has 0 aliphatic carbocycles. The van der Waals surface area contributed by atoms with Crippen LogP contribution in [0.4, 0.5) is 5.69 Å². The van der Waals surface area contributed by atoms with Gasteiger partial charge in [0.2, 0.25) is 0 Å². The van der Waals surface area contributed by atoms with E-state index in [1.807, 2.05) is 16.7 Å². The van der Waals surface area contributed by atoms with Crippen molar-refractivity contribution in [3.05, 3.63) is 35.1 Å². The lowest BCUT2D eigenvalue weighted by Gasteiger charge is -2.19. The summed E-state index contributed by atoms with van der Waals surface area (Å²) in [7, 11) is 0. The van der Waals surface area contributed by atoms with Crippen molar-refractivity contribution >= 4 is 45.7 Å². The smallest absolute Gasteiger partial charge is 0.0677 e. The summed E-state index contributed by atoms with van der Waals surface area (Å²) < 4.78 is 1.93. The number of aromatic nitrogens is 2. The third-order valence-corrected chi connectivity index (χ3v) is 5.32. The molecule has 6 heteroatoms. The Morgan fingerprint density at radius 3 is 3.11 bits per heavy atom. The fourth-order valence-corrected chi connectivity index (χ4v) is 3.57. The van der Waals surface area contributed by atoms with Crippen LogP contribution in [-0.2, 0) is 6.42 Å². The fourth-order valence-electron chi connectivity index (χ4n) is 2.22. The molecule has 3 nitrogen and oxygen atoms in total. The molecule has 0 bridgehead atoms. The quantitative estimate of drug-likeness (QED) is 0.609. The summed E-state index contributed by atoms with van der Waals surface area (Å²) >= 11 is 8.69. The Morgan fingerprint density at radius 2 is 2.33 bits per heavy atom. The molecule has 1 unspecified atom stereocenters. The predicted molar refractivity (Wildman–Crippen MR) is 87.2 cm³/mol. The van der Waals surface area contributed by atoms with E-state index in [1.165, 1.54) is 17.7 Å². The Morgan fingerprint density at radius 1 is 1.44 bits per heavy atom. The number of anilines is 1. The Bertz CT molecular complexity index is 585. The number of rotatable bonds is 2. The maximum atomic E-state index is 6.37. The molecule has 0 fully saturated rings. The van der Waals surface area contributed by atoms with Gasteiger partial charge in [-0.25, -0.2) is 4.45 Å². The van der Waals surface area contributed by atoms with Gasteiger partial charge in [0, 0.05) is 29.6 Å². The fraction of sp³-hybridized carbons (Fsp3) is 0.250. The maximum Gasteiger partial charge on any atom is 0.0677 e. The molecule has 1 atom stereocenters. The van der Waals surface area contributed by atoms with E-state index in [2.05, 4.69) is 44.7 Å². The van der Waals surface area contributed by atoms with E-state index < -0.39 is 0 Å². The van der Waals surface area contributed by atoms with E-state index in [-0.39, 0.29) is 0 Å². The van der Waals surface area contributed by atoms with Crippen LogP contribution in [0.1, 0.15) is 12.0 Å². The lowest BCUT2D eigenvalue weighted by Crippen LogP contribution is -2.11. The van der Waals surface area contributed by atoms with Gasteiger partial charge in [0.25, 0.3) is 0 Å². The number of nitrogens with one attached hydrogen (secondary N) is 1. The molecule has 0 radical (unpaired) electrons. The first-order valence-electron chi connectivity index (χ1n) is 5.76. The van der Waals surface area contributed by atoms with E-state index in [1.54, 1.807) is 0 Å². The molecule has 1 aliphatic heterocycles. The molecule has 94 valence electrons. The number of halogens is 2. The molecule has 1 aromatic carbocycles. The van der Waals surface area contributed by atoms with Crippen LogP contribution in [0.25, 0.3) is 11.1 Å². The third-order valence-electron chi connectivity index (χ3n) is 3.11. The number of benzene rings is 1. The van der Waals surface area contributed by atoms with Crippen molar-refractivity contribution in [3.8, 4) is 11.1 Å². The van der Waals surface area contributed by atoms with Crippen molar-refractivity contribution in [2.24, 2.45) is 0 Å². The Hall–Kier alpha value is -0.320. The zero-order chi connectivity index (χ0) is 12.5. The molecule has 3 rings (SSSR count). The van der Waals surface area contributed by atoms with E-state index in [9.17, 15) is 0 Å². The number of fused-ring (bicyclic) bond motifs is 1. The van der Waals surface area contributed by atoms with Crippen LogP contribution in [0.2, 0.25) is 5.02 Å². The third kappa shape index (κ3) is 2.38. The number of nitrogens with zero attached hydrogens (tertiary/aromatic N) is 2. The summed E-state index contributed by atoms with van der Waals surface area (Å²) in [6.45, 7) is 1.04. The summed E-state index contributed by atoms with van der Waals surface area (Å²) in [4.78, 5) is 0. The van der Waals surface area contributed by atoms with Crippen molar-refractivity contribution < 1.29 is 0 Å². The average Bonchev–Trinajstić information content (AvgIpc) is 2.86. The highest BCUT2D eigenvalue weighted by Gasteiger charge is 2.14. The Labute approximate surface area is 126 Å². The molecule has 1 aromatic heterocycles. The van der Waals surface area contributed by atoms with E-state index in [0.717, 1.165) is 29.1 Å². The minimum absolute atomic E-state index is 0.619. The second-order valence-electron chi connectivity index (χ2n) is 4.28. The molecule has 2 aromatic rings. The first-order chi connectivity index (χ1) is 8.78. The van der Waals surface area contributed by atoms with Crippen LogP contribution in [0.3, 0.4) is 0 Å². The summed E-state index contributed by atoms with van der Waals surface area (Å²) in [6.07, 6.45) is 6.86. The van der Waals surface area contributed by atoms with E-state index in [0.29, 0.717) is 6.37 Å². The Kier molecular flexibility index (Phi) is 3.78. The molecule has 0 amide bonds. The lowest BCUT2D eigenvalue weighted by atomic mass is 9.98. The standard InChI is InChI=1S/C12H12ClIN3P/c13-11-5-12-8(2-1-3-15-12)4-10(11)9-6-16-17(7-9)18-14/h4-7,15,18H,1-3H2. The first-order valence-corrected chi connectivity index (χ1v) is 10.2. The molecular formula is C12H12ClIN3P. The predicted octanol–water partition coefficient (Wildman–Crippen LogP) is 4.35. The molecule has 1 N–H and O–H groups in total. The second kappa shape index (κ2) is 5.35. The highest BCUT2D eigenvalue weighted by atomic mass is 127. The van der Waals surface area contributed by atoms with Crippen LogP contribution in [-0.4, -0.2) is 16.1 Å². The molecule has 0 saturated heterocycles. The van der Waals surface area contributed by atoms with Gasteiger partial charge in [-0.2, -0.15) is 5.10 Å². The first kappa shape index (κ1) is 12.7. The monoisotopic (exact) mass is 391 g/mol. The number of hydrogen-bond acceptors (Lipinski definition) is 2. The Balaban J connectivity index is 2.06. The van der Waals surface area contributed by atoms with Gasteiger partial charge in [0.1, 0.15) is 0 Å². The van der Waals surface area contributed by atoms with Crippen LogP contribution in [0.15, 0.2) is 24.5 Å². The highest BCUT2D eigenvalue weighted by Crippen LogP contribution is 2.36. The summed E-state index contributed by atoms with van der Waals surface area (Å²) in [6, 6.07) is 4.23. The molecule has 0 spiro atoms. The molecular weight excluding hydrogens is 379 g/mol. The van der Waals surface area contributed by atoms with Crippen LogP contribution >= 0.6 is 40.0 Å². The minimum Gasteiger partial charge on any atom is -0.385 e. The van der Waals surface area contributed by atoms with Crippen molar-refractivity contribution in [3.63, 3.8) is 0 Å². The van der Waals surface area contributed by atoms with E-state index in [4.69, 9.17) is 11.6 Å². The SMILES string of the molecule is Clc1cc2c(cc1-c1cnn(PI)c1)CCCN2. The van der Waals surface area contributed by atoms with Gasteiger partial charge in [-0.3, -0.25) is 0 Å². The van der Waals surface area contributed by atoms with Crippen molar-refractivity contribution in [2.75, 3.05) is 11.9 Å². The molecule has 1 aliphatic rings. The minimum atomic E-state index is 0.619. The second-order valence-corrected chi connectivity index (χ2v) is 6.76. The molecule has 0 saturated carbocycles. The summed E-state index contributed by atoms with van der Waals surface area (Å²) in [5.41, 5.74) is 4.71. The average molecular weight is 392 g/mol. The van der Waals surface area contributed by atoms with Crippen LogP contribution in [0.5, 0.6) is 0 Å². The summed E-state index contributed by atoms with van der Waals surface area (Å²) in [5.74, 6) is 0. The zero-order valence-corrected chi connectivity index (χ0v) is 13.5. The van der Waals surface area contributed by atoms with Gasteiger partial charge in [-0.15, -0.1) is 0 Å². The van der Waals surface area contributed by atoms with Crippen LogP contribution in [0, 0.1) is 0 Å². The lowest BCUT2D eigenvalue weighted by molar-refractivity contribution is 0.831. The van der Waals surface area contributed by atoms with Crippen molar-refractivity contribution in [2.45, 2.75) is 12.8 Å².